The molecule has 2 aromatic carbocycles. The molecule has 0 radical (unpaired) electrons. The van der Waals surface area contributed by atoms with Gasteiger partial charge >= 0.3 is 0 Å². The van der Waals surface area contributed by atoms with Gasteiger partial charge in [0, 0.05) is 17.7 Å². The summed E-state index contributed by atoms with van der Waals surface area (Å²) in [5, 5.41) is 3.47. The number of hydrogen-bond donors (Lipinski definition) is 1. The molecule has 0 aromatic heterocycles. The Morgan fingerprint density at radius 3 is 2.67 bits per heavy atom. The van der Waals surface area contributed by atoms with Gasteiger partial charge in [-0.1, -0.05) is 23.7 Å². The maximum Gasteiger partial charge on any atom is 0.231 e. The van der Waals surface area contributed by atoms with Crippen LogP contribution in [0, 0.1) is 11.6 Å². The standard InChI is InChI=1S/C15H12ClF2NO2/c1-8(9-3-2-4-11(17)15(9)18)19-12-6-14-13(5-10(12)16)20-7-21-14/h2-6,8,19H,7H2,1H3. The summed E-state index contributed by atoms with van der Waals surface area (Å²) in [6, 6.07) is 6.92. The lowest BCUT2D eigenvalue weighted by Crippen LogP contribution is -2.10. The van der Waals surface area contributed by atoms with E-state index in [1.165, 1.54) is 12.1 Å². The molecule has 3 rings (SSSR count). The molecule has 0 aliphatic carbocycles. The van der Waals surface area contributed by atoms with E-state index in [1.54, 1.807) is 19.1 Å². The van der Waals surface area contributed by atoms with Crippen molar-refractivity contribution in [3.63, 3.8) is 0 Å². The highest BCUT2D eigenvalue weighted by Crippen LogP contribution is 2.40. The highest BCUT2D eigenvalue weighted by molar-refractivity contribution is 6.33. The molecule has 0 bridgehead atoms. The van der Waals surface area contributed by atoms with Crippen molar-refractivity contribution in [1.29, 1.82) is 0 Å². The number of hydrogen-bond acceptors (Lipinski definition) is 3. The van der Waals surface area contributed by atoms with Crippen LogP contribution < -0.4 is 14.8 Å². The summed E-state index contributed by atoms with van der Waals surface area (Å²) in [7, 11) is 0. The molecule has 6 heteroatoms. The molecule has 0 fully saturated rings. The molecule has 0 saturated carbocycles. The van der Waals surface area contributed by atoms with Gasteiger partial charge in [-0.3, -0.25) is 0 Å². The van der Waals surface area contributed by atoms with Gasteiger partial charge in [-0.15, -0.1) is 0 Å². The fraction of sp³-hybridized carbons (Fsp3) is 0.200. The maximum absolute atomic E-state index is 13.8. The van der Waals surface area contributed by atoms with Crippen LogP contribution in [0.2, 0.25) is 5.02 Å². The molecule has 1 aliphatic heterocycles. The summed E-state index contributed by atoms with van der Waals surface area (Å²) in [6.07, 6.45) is 0. The van der Waals surface area contributed by atoms with Crippen molar-refractivity contribution in [2.75, 3.05) is 12.1 Å². The van der Waals surface area contributed by atoms with E-state index in [4.69, 9.17) is 21.1 Å². The first-order valence-electron chi connectivity index (χ1n) is 6.36. The Bertz CT molecular complexity index is 694. The second-order valence-corrected chi connectivity index (χ2v) is 5.10. The van der Waals surface area contributed by atoms with Crippen molar-refractivity contribution < 1.29 is 18.3 Å². The van der Waals surface area contributed by atoms with E-state index in [2.05, 4.69) is 5.32 Å². The Morgan fingerprint density at radius 1 is 1.19 bits per heavy atom. The lowest BCUT2D eigenvalue weighted by Gasteiger charge is -2.18. The number of benzene rings is 2. The van der Waals surface area contributed by atoms with E-state index in [1.807, 2.05) is 0 Å². The third-order valence-electron chi connectivity index (χ3n) is 3.28. The van der Waals surface area contributed by atoms with Crippen molar-refractivity contribution >= 4 is 17.3 Å². The lowest BCUT2D eigenvalue weighted by atomic mass is 10.1. The number of ether oxygens (including phenoxy) is 2. The predicted octanol–water partition coefficient (Wildman–Crippen LogP) is 4.52. The Hall–Kier alpha value is -2.01. The Balaban J connectivity index is 1.88. The average Bonchev–Trinajstić information content (AvgIpc) is 2.89. The third kappa shape index (κ3) is 2.61. The normalized spacial score (nSPS) is 14.1. The van der Waals surface area contributed by atoms with Gasteiger partial charge in [0.1, 0.15) is 0 Å². The monoisotopic (exact) mass is 311 g/mol. The molecule has 1 N–H and O–H groups in total. The summed E-state index contributed by atoms with van der Waals surface area (Å²) in [5.41, 5.74) is 0.792. The Labute approximate surface area is 125 Å². The fourth-order valence-electron chi connectivity index (χ4n) is 2.19. The number of anilines is 1. The van der Waals surface area contributed by atoms with Crippen molar-refractivity contribution in [3.8, 4) is 11.5 Å². The molecular formula is C15H12ClF2NO2. The second kappa shape index (κ2) is 5.41. The predicted molar refractivity (Wildman–Crippen MR) is 76.0 cm³/mol. The molecule has 3 nitrogen and oxygen atoms in total. The molecule has 21 heavy (non-hydrogen) atoms. The van der Waals surface area contributed by atoms with E-state index in [0.717, 1.165) is 6.07 Å². The average molecular weight is 312 g/mol. The molecule has 0 saturated heterocycles. The van der Waals surface area contributed by atoms with E-state index in [0.29, 0.717) is 22.2 Å². The van der Waals surface area contributed by atoms with E-state index in [9.17, 15) is 8.78 Å². The number of halogens is 3. The Morgan fingerprint density at radius 2 is 1.90 bits per heavy atom. The van der Waals surface area contributed by atoms with Gasteiger partial charge in [-0.25, -0.2) is 8.78 Å². The number of nitrogens with one attached hydrogen (secondary N) is 1. The second-order valence-electron chi connectivity index (χ2n) is 4.69. The summed E-state index contributed by atoms with van der Waals surface area (Å²) >= 11 is 6.14. The largest absolute Gasteiger partial charge is 0.454 e. The molecule has 0 amide bonds. The van der Waals surface area contributed by atoms with Crippen molar-refractivity contribution in [2.45, 2.75) is 13.0 Å². The van der Waals surface area contributed by atoms with Gasteiger partial charge in [0.25, 0.3) is 0 Å². The van der Waals surface area contributed by atoms with Crippen LogP contribution in [0.5, 0.6) is 11.5 Å². The lowest BCUT2D eigenvalue weighted by molar-refractivity contribution is 0.174. The highest BCUT2D eigenvalue weighted by atomic mass is 35.5. The number of rotatable bonds is 3. The van der Waals surface area contributed by atoms with E-state index in [-0.39, 0.29) is 12.4 Å². The smallest absolute Gasteiger partial charge is 0.231 e. The van der Waals surface area contributed by atoms with E-state index < -0.39 is 17.7 Å². The van der Waals surface area contributed by atoms with Crippen LogP contribution >= 0.6 is 11.6 Å². The van der Waals surface area contributed by atoms with Gasteiger partial charge in [0.05, 0.1) is 16.8 Å². The van der Waals surface area contributed by atoms with Gasteiger partial charge < -0.3 is 14.8 Å². The first kappa shape index (κ1) is 13.9. The number of fused-ring (bicyclic) bond motifs is 1. The van der Waals surface area contributed by atoms with Crippen LogP contribution in [-0.4, -0.2) is 6.79 Å². The van der Waals surface area contributed by atoms with Crippen LogP contribution in [0.25, 0.3) is 0 Å². The fourth-order valence-corrected chi connectivity index (χ4v) is 2.40. The summed E-state index contributed by atoms with van der Waals surface area (Å²) in [4.78, 5) is 0. The third-order valence-corrected chi connectivity index (χ3v) is 3.59. The van der Waals surface area contributed by atoms with Gasteiger partial charge in [-0.05, 0) is 13.0 Å². The maximum atomic E-state index is 13.8. The molecule has 110 valence electrons. The molecular weight excluding hydrogens is 300 g/mol. The van der Waals surface area contributed by atoms with Crippen LogP contribution in [0.1, 0.15) is 18.5 Å². The minimum Gasteiger partial charge on any atom is -0.454 e. The quantitative estimate of drug-likeness (QED) is 0.904. The first-order chi connectivity index (χ1) is 10.1. The van der Waals surface area contributed by atoms with Crippen LogP contribution in [0.15, 0.2) is 30.3 Å². The minimum atomic E-state index is -0.877. The van der Waals surface area contributed by atoms with Crippen molar-refractivity contribution in [3.05, 3.63) is 52.6 Å². The summed E-state index contributed by atoms with van der Waals surface area (Å²) in [5.74, 6) is -0.615. The highest BCUT2D eigenvalue weighted by Gasteiger charge is 2.19. The SMILES string of the molecule is CC(Nc1cc2c(cc1Cl)OCO2)c1cccc(F)c1F. The van der Waals surface area contributed by atoms with Crippen molar-refractivity contribution in [1.82, 2.24) is 0 Å². The minimum absolute atomic E-state index is 0.142. The molecule has 1 heterocycles. The van der Waals surface area contributed by atoms with Crippen molar-refractivity contribution in [2.24, 2.45) is 0 Å². The molecule has 1 aliphatic rings. The zero-order chi connectivity index (χ0) is 15.0. The zero-order valence-electron chi connectivity index (χ0n) is 11.1. The Kier molecular flexibility index (Phi) is 3.59. The summed E-state index contributed by atoms with van der Waals surface area (Å²) < 4.78 is 37.5. The van der Waals surface area contributed by atoms with Crippen LogP contribution in [0.4, 0.5) is 14.5 Å². The molecule has 0 spiro atoms. The van der Waals surface area contributed by atoms with Crippen LogP contribution in [-0.2, 0) is 0 Å². The first-order valence-corrected chi connectivity index (χ1v) is 6.73. The molecule has 1 atom stereocenters. The van der Waals surface area contributed by atoms with E-state index >= 15 is 0 Å². The van der Waals surface area contributed by atoms with Gasteiger partial charge in [-0.2, -0.15) is 0 Å². The van der Waals surface area contributed by atoms with Crippen LogP contribution in [0.3, 0.4) is 0 Å². The summed E-state index contributed by atoms with van der Waals surface area (Å²) in [6.45, 7) is 1.86. The van der Waals surface area contributed by atoms with Gasteiger partial charge in [0.2, 0.25) is 6.79 Å². The molecule has 1 unspecified atom stereocenters. The molecule has 2 aromatic rings. The van der Waals surface area contributed by atoms with Gasteiger partial charge in [0.15, 0.2) is 23.1 Å². The topological polar surface area (TPSA) is 30.5 Å². The zero-order valence-corrected chi connectivity index (χ0v) is 11.9.